The molecule has 25 heavy (non-hydrogen) atoms. The molecule has 2 unspecified atom stereocenters. The van der Waals surface area contributed by atoms with E-state index in [1.807, 2.05) is 28.9 Å². The van der Waals surface area contributed by atoms with Gasteiger partial charge in [0, 0.05) is 29.6 Å². The maximum Gasteiger partial charge on any atom is 0.272 e. The topological polar surface area (TPSA) is 59.4 Å². The number of para-hydroxylation sites is 1. The van der Waals surface area contributed by atoms with Crippen molar-refractivity contribution in [3.63, 3.8) is 0 Å². The van der Waals surface area contributed by atoms with Crippen LogP contribution >= 0.6 is 0 Å². The van der Waals surface area contributed by atoms with Crippen molar-refractivity contribution in [3.05, 3.63) is 30.0 Å². The molecule has 2 saturated heterocycles. The van der Waals surface area contributed by atoms with Crippen molar-refractivity contribution in [2.45, 2.75) is 50.9 Å². The normalized spacial score (nSPS) is 27.0. The largest absolute Gasteiger partial charge is 0.378 e. The average molecular weight is 342 g/mol. The standard InChI is InChI=1S/C19H26N4O2/c1-12(2)23-17-7-5-4-6-16(17)18(21-23)19(24)20-13-8-14-10-25-11-15(9-13)22(14)3/h4-7,12-15H,8-11H2,1-3H3,(H,20,24). The molecule has 1 amide bonds. The zero-order chi connectivity index (χ0) is 17.6. The van der Waals surface area contributed by atoms with Gasteiger partial charge in [-0.15, -0.1) is 0 Å². The van der Waals surface area contributed by atoms with Crippen LogP contribution in [0.3, 0.4) is 0 Å². The number of rotatable bonds is 3. The smallest absolute Gasteiger partial charge is 0.272 e. The van der Waals surface area contributed by atoms with Gasteiger partial charge < -0.3 is 10.1 Å². The van der Waals surface area contributed by atoms with Crippen LogP contribution in [0.15, 0.2) is 24.3 Å². The maximum absolute atomic E-state index is 12.9. The van der Waals surface area contributed by atoms with Gasteiger partial charge in [0.25, 0.3) is 5.91 Å². The summed E-state index contributed by atoms with van der Waals surface area (Å²) in [5.74, 6) is -0.0656. The number of hydrogen-bond donors (Lipinski definition) is 1. The van der Waals surface area contributed by atoms with Gasteiger partial charge in [0.1, 0.15) is 0 Å². The minimum atomic E-state index is -0.0656. The number of nitrogens with zero attached hydrogens (tertiary/aromatic N) is 3. The zero-order valence-corrected chi connectivity index (χ0v) is 15.1. The van der Waals surface area contributed by atoms with Crippen LogP contribution in [0, 0.1) is 0 Å². The van der Waals surface area contributed by atoms with Crippen LogP contribution in [0.2, 0.25) is 0 Å². The maximum atomic E-state index is 12.9. The summed E-state index contributed by atoms with van der Waals surface area (Å²) >= 11 is 0. The SMILES string of the molecule is CC(C)n1nc(C(=O)NC2CC3COCC(C2)N3C)c2ccccc21. The van der Waals surface area contributed by atoms with E-state index in [0.29, 0.717) is 17.8 Å². The number of amides is 1. The highest BCUT2D eigenvalue weighted by Gasteiger charge is 2.37. The van der Waals surface area contributed by atoms with E-state index in [9.17, 15) is 4.79 Å². The Balaban J connectivity index is 1.57. The lowest BCUT2D eigenvalue weighted by Gasteiger charge is -2.46. The lowest BCUT2D eigenvalue weighted by molar-refractivity contribution is -0.0670. The second-order valence-corrected chi connectivity index (χ2v) is 7.56. The third kappa shape index (κ3) is 2.93. The predicted molar refractivity (Wildman–Crippen MR) is 96.8 cm³/mol. The second kappa shape index (κ2) is 6.42. The molecule has 134 valence electrons. The summed E-state index contributed by atoms with van der Waals surface area (Å²) < 4.78 is 7.59. The van der Waals surface area contributed by atoms with Gasteiger partial charge in [0.2, 0.25) is 0 Å². The Labute approximate surface area is 148 Å². The summed E-state index contributed by atoms with van der Waals surface area (Å²) in [5.41, 5.74) is 1.54. The third-order valence-electron chi connectivity index (χ3n) is 5.54. The van der Waals surface area contributed by atoms with Crippen molar-refractivity contribution in [1.82, 2.24) is 20.0 Å². The summed E-state index contributed by atoms with van der Waals surface area (Å²) in [6, 6.07) is 9.14. The van der Waals surface area contributed by atoms with Crippen molar-refractivity contribution < 1.29 is 9.53 Å². The van der Waals surface area contributed by atoms with E-state index >= 15 is 0 Å². The fraction of sp³-hybridized carbons (Fsp3) is 0.579. The Kier molecular flexibility index (Phi) is 4.25. The average Bonchev–Trinajstić information content (AvgIpc) is 2.96. The molecule has 0 radical (unpaired) electrons. The predicted octanol–water partition coefficient (Wildman–Crippen LogP) is 2.21. The Hall–Kier alpha value is -1.92. The Bertz CT molecular complexity index is 771. The molecule has 1 aromatic carbocycles. The first-order chi connectivity index (χ1) is 12.0. The first-order valence-electron chi connectivity index (χ1n) is 9.12. The molecule has 2 aromatic rings. The van der Waals surface area contributed by atoms with Gasteiger partial charge in [0.15, 0.2) is 5.69 Å². The number of carbonyl (C=O) groups is 1. The lowest BCUT2D eigenvalue weighted by atomic mass is 9.90. The molecule has 1 N–H and O–H groups in total. The Morgan fingerprint density at radius 2 is 1.92 bits per heavy atom. The number of aromatic nitrogens is 2. The number of benzene rings is 1. The molecule has 0 saturated carbocycles. The number of fused-ring (bicyclic) bond motifs is 3. The van der Waals surface area contributed by atoms with E-state index in [4.69, 9.17) is 4.74 Å². The zero-order valence-electron chi connectivity index (χ0n) is 15.1. The number of morpholine rings is 1. The quantitative estimate of drug-likeness (QED) is 0.929. The molecule has 4 rings (SSSR count). The van der Waals surface area contributed by atoms with Gasteiger partial charge in [-0.3, -0.25) is 14.4 Å². The number of hydrogen-bond acceptors (Lipinski definition) is 4. The summed E-state index contributed by atoms with van der Waals surface area (Å²) in [7, 11) is 2.16. The molecule has 2 fully saturated rings. The molecule has 2 atom stereocenters. The highest BCUT2D eigenvalue weighted by Crippen LogP contribution is 2.27. The molecule has 1 aromatic heterocycles. The molecule has 0 aliphatic carbocycles. The van der Waals surface area contributed by atoms with Crippen molar-refractivity contribution in [1.29, 1.82) is 0 Å². The van der Waals surface area contributed by atoms with Gasteiger partial charge in [0.05, 0.1) is 18.7 Å². The number of carbonyl (C=O) groups excluding carboxylic acids is 1. The van der Waals surface area contributed by atoms with Crippen molar-refractivity contribution >= 4 is 16.8 Å². The van der Waals surface area contributed by atoms with Gasteiger partial charge in [-0.1, -0.05) is 18.2 Å². The molecule has 6 heteroatoms. The highest BCUT2D eigenvalue weighted by atomic mass is 16.5. The van der Waals surface area contributed by atoms with E-state index in [-0.39, 0.29) is 18.0 Å². The first-order valence-corrected chi connectivity index (χ1v) is 9.12. The van der Waals surface area contributed by atoms with Crippen LogP contribution in [-0.4, -0.2) is 59.0 Å². The summed E-state index contributed by atoms with van der Waals surface area (Å²) in [4.78, 5) is 15.3. The summed E-state index contributed by atoms with van der Waals surface area (Å²) in [6.07, 6.45) is 1.86. The minimum Gasteiger partial charge on any atom is -0.378 e. The second-order valence-electron chi connectivity index (χ2n) is 7.56. The van der Waals surface area contributed by atoms with Crippen LogP contribution in [0.25, 0.3) is 10.9 Å². The molecular weight excluding hydrogens is 316 g/mol. The van der Waals surface area contributed by atoms with E-state index < -0.39 is 0 Å². The van der Waals surface area contributed by atoms with E-state index in [1.165, 1.54) is 0 Å². The van der Waals surface area contributed by atoms with Crippen LogP contribution in [0.1, 0.15) is 43.2 Å². The molecule has 2 aliphatic heterocycles. The third-order valence-corrected chi connectivity index (χ3v) is 5.54. The van der Waals surface area contributed by atoms with Crippen molar-refractivity contribution in [2.24, 2.45) is 0 Å². The molecule has 3 heterocycles. The monoisotopic (exact) mass is 342 g/mol. The summed E-state index contributed by atoms with van der Waals surface area (Å²) in [5, 5.41) is 8.76. The summed E-state index contributed by atoms with van der Waals surface area (Å²) in [6.45, 7) is 5.67. The van der Waals surface area contributed by atoms with Crippen molar-refractivity contribution in [3.8, 4) is 0 Å². The minimum absolute atomic E-state index is 0.0656. The molecule has 0 spiro atoms. The number of piperidine rings is 1. The Morgan fingerprint density at radius 3 is 2.60 bits per heavy atom. The van der Waals surface area contributed by atoms with Crippen LogP contribution in [0.4, 0.5) is 0 Å². The fourth-order valence-corrected chi connectivity index (χ4v) is 4.12. The van der Waals surface area contributed by atoms with Gasteiger partial charge in [-0.05, 0) is 39.8 Å². The number of likely N-dealkylation sites (N-methyl/N-ethyl adjacent to an activating group) is 1. The Morgan fingerprint density at radius 1 is 1.24 bits per heavy atom. The number of nitrogens with one attached hydrogen (secondary N) is 1. The van der Waals surface area contributed by atoms with Gasteiger partial charge in [-0.2, -0.15) is 5.10 Å². The van der Waals surface area contributed by atoms with E-state index in [1.54, 1.807) is 0 Å². The fourth-order valence-electron chi connectivity index (χ4n) is 4.12. The highest BCUT2D eigenvalue weighted by molar-refractivity contribution is 6.05. The van der Waals surface area contributed by atoms with E-state index in [0.717, 1.165) is 37.0 Å². The molecular formula is C19H26N4O2. The first kappa shape index (κ1) is 16.5. The molecule has 6 nitrogen and oxygen atoms in total. The van der Waals surface area contributed by atoms with Gasteiger partial charge in [-0.25, -0.2) is 0 Å². The molecule has 2 aliphatic rings. The van der Waals surface area contributed by atoms with Crippen LogP contribution < -0.4 is 5.32 Å². The van der Waals surface area contributed by atoms with Gasteiger partial charge >= 0.3 is 0 Å². The lowest BCUT2D eigenvalue weighted by Crippen LogP contribution is -2.59. The van der Waals surface area contributed by atoms with Crippen LogP contribution in [0.5, 0.6) is 0 Å². The molecule has 2 bridgehead atoms. The van der Waals surface area contributed by atoms with Crippen molar-refractivity contribution in [2.75, 3.05) is 20.3 Å². The van der Waals surface area contributed by atoms with Crippen LogP contribution in [-0.2, 0) is 4.74 Å². The van der Waals surface area contributed by atoms with E-state index in [2.05, 4.69) is 36.2 Å². The number of ether oxygens (including phenoxy) is 1.